The summed E-state index contributed by atoms with van der Waals surface area (Å²) >= 11 is 5.79. The van der Waals surface area contributed by atoms with Crippen molar-refractivity contribution in [2.24, 2.45) is 0 Å². The Morgan fingerprint density at radius 3 is 2.53 bits per heavy atom. The van der Waals surface area contributed by atoms with Crippen LogP contribution in [-0.2, 0) is 0 Å². The second-order valence-corrected chi connectivity index (χ2v) is 8.43. The number of hydrogen-bond donors (Lipinski definition) is 1. The number of anilines is 1. The fraction of sp³-hybridized carbons (Fsp3) is 0.154. The van der Waals surface area contributed by atoms with Gasteiger partial charge in [-0.05, 0) is 60.7 Å². The van der Waals surface area contributed by atoms with Crippen molar-refractivity contribution >= 4 is 28.7 Å². The molecule has 0 spiro atoms. The van der Waals surface area contributed by atoms with E-state index in [9.17, 15) is 10.1 Å². The Morgan fingerprint density at radius 1 is 1.06 bits per heavy atom. The van der Waals surface area contributed by atoms with Gasteiger partial charge in [0.2, 0.25) is 0 Å². The highest BCUT2D eigenvalue weighted by Crippen LogP contribution is 2.46. The predicted molar refractivity (Wildman–Crippen MR) is 138 cm³/mol. The van der Waals surface area contributed by atoms with Gasteiger partial charge >= 0.3 is 0 Å². The second kappa shape index (κ2) is 9.67. The molecule has 4 aromatic rings. The summed E-state index contributed by atoms with van der Waals surface area (Å²) in [5.74, 6) is 2.49. The molecule has 36 heavy (non-hydrogen) atoms. The molecule has 2 atom stereocenters. The van der Waals surface area contributed by atoms with E-state index < -0.39 is 11.0 Å². The molecule has 0 aliphatic carbocycles. The van der Waals surface area contributed by atoms with Crippen LogP contribution in [0.1, 0.15) is 23.5 Å². The van der Waals surface area contributed by atoms with Crippen molar-refractivity contribution in [3.8, 4) is 22.8 Å². The number of benzene rings is 2. The zero-order chi connectivity index (χ0) is 25.2. The van der Waals surface area contributed by atoms with Crippen molar-refractivity contribution < 1.29 is 18.8 Å². The summed E-state index contributed by atoms with van der Waals surface area (Å²) in [6.45, 7) is 0. The third kappa shape index (κ3) is 4.22. The van der Waals surface area contributed by atoms with Gasteiger partial charge in [0.05, 0.1) is 36.6 Å². The second-order valence-electron chi connectivity index (χ2n) is 8.04. The van der Waals surface area contributed by atoms with Crippen LogP contribution in [0.25, 0.3) is 11.3 Å². The molecule has 1 fully saturated rings. The lowest BCUT2D eigenvalue weighted by molar-refractivity contribution is -0.384. The van der Waals surface area contributed by atoms with Crippen LogP contribution in [0.5, 0.6) is 11.5 Å². The number of non-ortho nitro benzene ring substituents is 1. The highest BCUT2D eigenvalue weighted by atomic mass is 32.1. The van der Waals surface area contributed by atoms with Gasteiger partial charge in [-0.2, -0.15) is 0 Å². The Balaban J connectivity index is 1.61. The fourth-order valence-corrected chi connectivity index (χ4v) is 4.64. The van der Waals surface area contributed by atoms with Gasteiger partial charge in [0.1, 0.15) is 29.1 Å². The quantitative estimate of drug-likeness (QED) is 0.201. The number of nitro groups is 1. The van der Waals surface area contributed by atoms with Gasteiger partial charge in [0.15, 0.2) is 5.11 Å². The first-order chi connectivity index (χ1) is 17.5. The SMILES string of the molecule is COc1ccc(OC)c(N2C(=S)N[C@H](c3ccccn3)[C@H]2c2ccc(-c3ccc([N+](=O)[O-])cc3)o2)c1. The standard InChI is InChI=1S/C26H22N4O5S/c1-33-18-10-11-22(34-2)20(15-18)29-25(24(28-26(29)36)19-5-3-4-14-27-19)23-13-12-21(35-23)16-6-8-17(9-7-16)30(31)32/h3-15,24-25H,1-2H3,(H,28,36)/t24-,25-/m1/s1. The number of ether oxygens (including phenoxy) is 2. The average Bonchev–Trinajstić information content (AvgIpc) is 3.53. The van der Waals surface area contributed by atoms with E-state index in [1.807, 2.05) is 53.4 Å². The van der Waals surface area contributed by atoms with Crippen LogP contribution < -0.4 is 19.7 Å². The maximum absolute atomic E-state index is 11.0. The summed E-state index contributed by atoms with van der Waals surface area (Å²) in [5, 5.41) is 14.9. The lowest BCUT2D eigenvalue weighted by Crippen LogP contribution is -2.29. The number of nitrogens with one attached hydrogen (secondary N) is 1. The molecule has 2 aromatic carbocycles. The summed E-state index contributed by atoms with van der Waals surface area (Å²) in [6, 6.07) is 20.5. The first-order valence-electron chi connectivity index (χ1n) is 11.1. The van der Waals surface area contributed by atoms with Gasteiger partial charge in [-0.3, -0.25) is 15.1 Å². The van der Waals surface area contributed by atoms with Crippen molar-refractivity contribution in [1.82, 2.24) is 10.3 Å². The molecule has 0 bridgehead atoms. The number of furan rings is 1. The summed E-state index contributed by atoms with van der Waals surface area (Å²) in [6.07, 6.45) is 1.73. The molecule has 1 aliphatic heterocycles. The number of pyridine rings is 1. The van der Waals surface area contributed by atoms with Crippen LogP contribution in [0.4, 0.5) is 11.4 Å². The van der Waals surface area contributed by atoms with Crippen molar-refractivity contribution in [2.75, 3.05) is 19.1 Å². The number of nitro benzene ring substituents is 1. The van der Waals surface area contributed by atoms with Crippen LogP contribution in [0.15, 0.2) is 83.4 Å². The third-order valence-corrected chi connectivity index (χ3v) is 6.34. The van der Waals surface area contributed by atoms with Crippen LogP contribution >= 0.6 is 12.2 Å². The molecule has 2 aromatic heterocycles. The Hall–Kier alpha value is -4.44. The zero-order valence-corrected chi connectivity index (χ0v) is 20.3. The van der Waals surface area contributed by atoms with Crippen molar-refractivity contribution in [3.05, 3.63) is 101 Å². The Kier molecular flexibility index (Phi) is 6.26. The summed E-state index contributed by atoms with van der Waals surface area (Å²) in [5.41, 5.74) is 2.25. The highest BCUT2D eigenvalue weighted by molar-refractivity contribution is 7.80. The lowest BCUT2D eigenvalue weighted by atomic mass is 10.0. The van der Waals surface area contributed by atoms with E-state index in [4.69, 9.17) is 26.1 Å². The van der Waals surface area contributed by atoms with Gasteiger partial charge in [0, 0.05) is 30.0 Å². The van der Waals surface area contributed by atoms with E-state index in [-0.39, 0.29) is 11.7 Å². The van der Waals surface area contributed by atoms with Gasteiger partial charge in [0.25, 0.3) is 5.69 Å². The van der Waals surface area contributed by atoms with Crippen LogP contribution in [0.2, 0.25) is 0 Å². The number of nitrogens with zero attached hydrogens (tertiary/aromatic N) is 3. The molecular weight excluding hydrogens is 480 g/mol. The van der Waals surface area contributed by atoms with E-state index in [1.165, 1.54) is 12.1 Å². The largest absolute Gasteiger partial charge is 0.497 e. The lowest BCUT2D eigenvalue weighted by Gasteiger charge is -2.27. The minimum atomic E-state index is -0.431. The maximum Gasteiger partial charge on any atom is 0.269 e. The number of hydrogen-bond acceptors (Lipinski definition) is 7. The summed E-state index contributed by atoms with van der Waals surface area (Å²) in [4.78, 5) is 17.1. The van der Waals surface area contributed by atoms with Gasteiger partial charge in [-0.25, -0.2) is 0 Å². The number of methoxy groups -OCH3 is 2. The Labute approximate surface area is 212 Å². The maximum atomic E-state index is 11.0. The molecule has 3 heterocycles. The molecule has 0 saturated carbocycles. The topological polar surface area (TPSA) is 103 Å². The molecule has 1 N–H and O–H groups in total. The molecule has 0 amide bonds. The zero-order valence-electron chi connectivity index (χ0n) is 19.5. The number of aromatic nitrogens is 1. The van der Waals surface area contributed by atoms with E-state index in [1.54, 1.807) is 32.5 Å². The van der Waals surface area contributed by atoms with E-state index >= 15 is 0 Å². The van der Waals surface area contributed by atoms with Crippen LogP contribution in [0.3, 0.4) is 0 Å². The molecule has 5 rings (SSSR count). The Bertz CT molecular complexity index is 1410. The number of rotatable bonds is 7. The smallest absolute Gasteiger partial charge is 0.269 e. The molecule has 0 radical (unpaired) electrons. The highest BCUT2D eigenvalue weighted by Gasteiger charge is 2.43. The van der Waals surface area contributed by atoms with Gasteiger partial charge in [-0.15, -0.1) is 0 Å². The van der Waals surface area contributed by atoms with Crippen molar-refractivity contribution in [1.29, 1.82) is 0 Å². The van der Waals surface area contributed by atoms with Gasteiger partial charge in [-0.1, -0.05) is 6.07 Å². The fourth-order valence-electron chi connectivity index (χ4n) is 4.30. The molecule has 1 saturated heterocycles. The van der Waals surface area contributed by atoms with Crippen molar-refractivity contribution in [3.63, 3.8) is 0 Å². The first kappa shape index (κ1) is 23.3. The molecule has 1 aliphatic rings. The number of thiocarbonyl (C=S) groups is 1. The normalized spacial score (nSPS) is 17.1. The molecule has 10 heteroatoms. The van der Waals surface area contributed by atoms with E-state index in [2.05, 4.69) is 10.3 Å². The molecule has 9 nitrogen and oxygen atoms in total. The first-order valence-corrected chi connectivity index (χ1v) is 11.5. The monoisotopic (exact) mass is 502 g/mol. The van der Waals surface area contributed by atoms with Crippen LogP contribution in [-0.4, -0.2) is 29.2 Å². The van der Waals surface area contributed by atoms with Crippen molar-refractivity contribution in [2.45, 2.75) is 12.1 Å². The minimum Gasteiger partial charge on any atom is -0.497 e. The molecule has 182 valence electrons. The van der Waals surface area contributed by atoms with E-state index in [0.717, 1.165) is 11.3 Å². The van der Waals surface area contributed by atoms with E-state index in [0.29, 0.717) is 33.8 Å². The molecule has 0 unspecified atom stereocenters. The van der Waals surface area contributed by atoms with Crippen LogP contribution in [0, 0.1) is 10.1 Å². The summed E-state index contributed by atoms with van der Waals surface area (Å²) < 4.78 is 17.4. The van der Waals surface area contributed by atoms with Gasteiger partial charge < -0.3 is 24.1 Å². The molecular formula is C26H22N4O5S. The average molecular weight is 503 g/mol. The Morgan fingerprint density at radius 2 is 1.86 bits per heavy atom. The summed E-state index contributed by atoms with van der Waals surface area (Å²) in [7, 11) is 3.20. The minimum absolute atomic E-state index is 0.0161. The predicted octanol–water partition coefficient (Wildman–Crippen LogP) is 5.44. The third-order valence-electron chi connectivity index (χ3n) is 6.02.